The second kappa shape index (κ2) is 29.9. The van der Waals surface area contributed by atoms with Crippen LogP contribution >= 0.6 is 0 Å². The molecular formula is H8AlFeKMgMnO3Si. The average molecular weight is 285 g/mol. The average Bonchev–Trinajstić information content (AvgIpc) is 0.811. The molecule has 0 rings (SSSR count). The molecule has 0 unspecified atom stereocenters. The Hall–Kier alpha value is 3.59. The summed E-state index contributed by atoms with van der Waals surface area (Å²) in [6.45, 7) is 0. The van der Waals surface area contributed by atoms with Crippen LogP contribution in [0.4, 0.5) is 0 Å². The van der Waals surface area contributed by atoms with E-state index < -0.39 is 9.17 Å². The Balaban J connectivity index is -0.00000000450. The van der Waals surface area contributed by atoms with Crippen LogP contribution < -0.4 is 0 Å². The van der Waals surface area contributed by atoms with E-state index in [0.717, 1.165) is 0 Å². The molecule has 1 radical (unpaired) electrons. The standard InChI is InChI=1S/Al.Fe.K.Mg.Mn.H2O3Si.6H/c;;;;;1-4(2)3;;;;;;/h;;;;;1-2H;;;;;;. The predicted molar refractivity (Wildman–Crippen MR) is 36.5 cm³/mol. The Morgan fingerprint density at radius 2 is 1.22 bits per heavy atom. The van der Waals surface area contributed by atoms with Gasteiger partial charge in [-0.1, -0.05) is 0 Å². The molecule has 0 aliphatic carbocycles. The minimum absolute atomic E-state index is 0. The van der Waals surface area contributed by atoms with Crippen molar-refractivity contribution in [3.8, 4) is 0 Å². The van der Waals surface area contributed by atoms with E-state index in [1.165, 1.54) is 0 Å². The van der Waals surface area contributed by atoms with Crippen molar-refractivity contribution >= 4 is 101 Å². The van der Waals surface area contributed by atoms with Crippen LogP contribution in [0, 0.1) is 0 Å². The fraction of sp³-hybridized carbons (Fsp3) is 0. The molecule has 0 aromatic rings. The Morgan fingerprint density at radius 3 is 1.22 bits per heavy atom. The molecule has 3 nitrogen and oxygen atoms in total. The monoisotopic (exact) mass is 285 g/mol. The van der Waals surface area contributed by atoms with Crippen molar-refractivity contribution in [3.05, 3.63) is 0 Å². The SMILES string of the molecule is O=[Si](O)O.[AlH3].[Fe].[KH].[MgH2].[Mn]. The Bertz CT molecular complexity index is 46.8. The summed E-state index contributed by atoms with van der Waals surface area (Å²) in [4.78, 5) is 14.3. The largest absolute Gasteiger partial charge is 0.316 e. The van der Waals surface area contributed by atoms with Crippen molar-refractivity contribution in [2.24, 2.45) is 0 Å². The third-order valence-electron chi connectivity index (χ3n) is 0. The van der Waals surface area contributed by atoms with E-state index in [2.05, 4.69) is 0 Å². The fourth-order valence-electron chi connectivity index (χ4n) is 0. The molecule has 0 saturated carbocycles. The molecule has 0 heterocycles. The first-order valence-electron chi connectivity index (χ1n) is 0.651. The zero-order valence-corrected chi connectivity index (χ0v) is 5.82. The molecule has 0 atom stereocenters. The van der Waals surface area contributed by atoms with E-state index in [9.17, 15) is 0 Å². The van der Waals surface area contributed by atoms with Gasteiger partial charge in [0, 0.05) is 34.1 Å². The smallest absolute Gasteiger partial charge is 0 e. The van der Waals surface area contributed by atoms with Crippen molar-refractivity contribution in [1.29, 1.82) is 0 Å². The summed E-state index contributed by atoms with van der Waals surface area (Å²) in [6.07, 6.45) is 0. The topological polar surface area (TPSA) is 57.5 Å². The van der Waals surface area contributed by atoms with Crippen LogP contribution in [0.5, 0.6) is 0 Å². The molecular weight excluding hydrogens is 277 g/mol. The maximum Gasteiger partial charge on any atom is 0.316 e. The molecule has 0 aliphatic rings. The van der Waals surface area contributed by atoms with Crippen LogP contribution in [0.1, 0.15) is 0 Å². The van der Waals surface area contributed by atoms with E-state index in [1.54, 1.807) is 0 Å². The Labute approximate surface area is 146 Å². The van der Waals surface area contributed by atoms with Gasteiger partial charge in [0.1, 0.15) is 0 Å². The molecule has 0 bridgehead atoms. The van der Waals surface area contributed by atoms with Gasteiger partial charge in [-0.25, -0.2) is 0 Å². The van der Waals surface area contributed by atoms with Crippen molar-refractivity contribution in [3.63, 3.8) is 0 Å². The maximum atomic E-state index is 8.74. The third kappa shape index (κ3) is 82.7. The van der Waals surface area contributed by atoms with Crippen LogP contribution in [-0.4, -0.2) is 111 Å². The van der Waals surface area contributed by atoms with E-state index in [-0.39, 0.29) is 126 Å². The van der Waals surface area contributed by atoms with Crippen LogP contribution in [-0.2, 0) is 38.6 Å². The van der Waals surface area contributed by atoms with E-state index in [4.69, 9.17) is 14.1 Å². The summed E-state index contributed by atoms with van der Waals surface area (Å²) in [5.41, 5.74) is 0. The van der Waals surface area contributed by atoms with Crippen LogP contribution in [0.3, 0.4) is 0 Å². The van der Waals surface area contributed by atoms with E-state index in [1.807, 2.05) is 0 Å². The van der Waals surface area contributed by atoms with Crippen LogP contribution in [0.25, 0.3) is 0 Å². The van der Waals surface area contributed by atoms with Crippen molar-refractivity contribution in [2.45, 2.75) is 0 Å². The molecule has 51 valence electrons. The Kier molecular flexibility index (Phi) is 129. The third-order valence-corrected chi connectivity index (χ3v) is 0. The van der Waals surface area contributed by atoms with Crippen molar-refractivity contribution < 1.29 is 48.2 Å². The predicted octanol–water partition coefficient (Wildman–Crippen LogP) is -4.37. The molecule has 9 heteroatoms. The van der Waals surface area contributed by atoms with Gasteiger partial charge in [-0.05, 0) is 0 Å². The molecule has 0 aromatic heterocycles. The van der Waals surface area contributed by atoms with Gasteiger partial charge in [-0.15, -0.1) is 0 Å². The van der Waals surface area contributed by atoms with E-state index >= 15 is 0 Å². The van der Waals surface area contributed by atoms with Crippen LogP contribution in [0.2, 0.25) is 0 Å². The Morgan fingerprint density at radius 1 is 1.22 bits per heavy atom. The molecule has 9 heavy (non-hydrogen) atoms. The first-order valence-corrected chi connectivity index (χ1v) is 1.95. The quantitative estimate of drug-likeness (QED) is 0.442. The molecule has 0 spiro atoms. The van der Waals surface area contributed by atoms with Crippen LogP contribution in [0.15, 0.2) is 0 Å². The number of rotatable bonds is 0. The second-order valence-electron chi connectivity index (χ2n) is 0.283. The summed E-state index contributed by atoms with van der Waals surface area (Å²) in [7, 11) is -3.13. The number of hydrogen-bond acceptors (Lipinski definition) is 1. The van der Waals surface area contributed by atoms with Gasteiger partial charge in [0.15, 0.2) is 17.4 Å². The first kappa shape index (κ1) is 38.9. The number of hydrogen-bond donors (Lipinski definition) is 2. The molecule has 0 fully saturated rings. The summed E-state index contributed by atoms with van der Waals surface area (Å²) in [5, 5.41) is 0. The summed E-state index contributed by atoms with van der Waals surface area (Å²) in [5.74, 6) is 0. The minimum Gasteiger partial charge on any atom is 0 e. The zero-order valence-electron chi connectivity index (χ0n) is 2.53. The zero-order chi connectivity index (χ0) is 3.58. The maximum absolute atomic E-state index is 8.74. The van der Waals surface area contributed by atoms with Gasteiger partial charge in [0.25, 0.3) is 0 Å². The summed E-state index contributed by atoms with van der Waals surface area (Å²) in [6, 6.07) is 0. The minimum atomic E-state index is -3.13. The molecule has 0 amide bonds. The fourth-order valence-corrected chi connectivity index (χ4v) is 0. The van der Waals surface area contributed by atoms with Gasteiger partial charge in [0.2, 0.25) is 0 Å². The molecule has 0 aromatic carbocycles. The molecule has 0 saturated heterocycles. The van der Waals surface area contributed by atoms with Gasteiger partial charge in [0.05, 0.1) is 0 Å². The summed E-state index contributed by atoms with van der Waals surface area (Å²) >= 11 is 0. The summed E-state index contributed by atoms with van der Waals surface area (Å²) < 4.78 is 8.74. The second-order valence-corrected chi connectivity index (χ2v) is 0.848. The molecule has 2 N–H and O–H groups in total. The normalized spacial score (nSPS) is 2.67. The van der Waals surface area contributed by atoms with Crippen molar-refractivity contribution in [2.75, 3.05) is 0 Å². The molecule has 0 aliphatic heterocycles. The first-order chi connectivity index (χ1) is 1.73. The van der Waals surface area contributed by atoms with Crippen molar-refractivity contribution in [1.82, 2.24) is 0 Å². The van der Waals surface area contributed by atoms with Gasteiger partial charge < -0.3 is 9.59 Å². The van der Waals surface area contributed by atoms with Gasteiger partial charge in [-0.3, -0.25) is 4.46 Å². The van der Waals surface area contributed by atoms with Gasteiger partial charge in [-0.2, -0.15) is 0 Å². The van der Waals surface area contributed by atoms with Gasteiger partial charge >= 0.3 is 83.6 Å². The van der Waals surface area contributed by atoms with E-state index in [0.29, 0.717) is 0 Å².